The number of carbonyl (C=O) groups is 1. The van der Waals surface area contributed by atoms with Crippen molar-refractivity contribution >= 4 is 16.0 Å². The van der Waals surface area contributed by atoms with Crippen LogP contribution in [0.5, 0.6) is 5.75 Å². The first kappa shape index (κ1) is 25.5. The van der Waals surface area contributed by atoms with E-state index in [1.54, 1.807) is 24.3 Å². The van der Waals surface area contributed by atoms with Gasteiger partial charge in [0.1, 0.15) is 11.6 Å². The third-order valence-corrected chi connectivity index (χ3v) is 7.13. The number of benzene rings is 2. The summed E-state index contributed by atoms with van der Waals surface area (Å²) in [6.07, 6.45) is 5.33. The van der Waals surface area contributed by atoms with E-state index in [2.05, 4.69) is 0 Å². The molecule has 0 amide bonds. The molecule has 0 radical (unpaired) electrons. The molecule has 1 saturated heterocycles. The molecule has 2 aromatic rings. The Morgan fingerprint density at radius 1 is 1.19 bits per heavy atom. The summed E-state index contributed by atoms with van der Waals surface area (Å²) in [7, 11) is -3.86. The Morgan fingerprint density at radius 2 is 1.90 bits per heavy atom. The molecule has 9 heteroatoms. The van der Waals surface area contributed by atoms with Crippen LogP contribution in [-0.4, -0.2) is 35.5 Å². The number of aliphatic carboxylic acids is 1. The molecule has 6 nitrogen and oxygen atoms in total. The van der Waals surface area contributed by atoms with Crippen molar-refractivity contribution in [3.8, 4) is 5.75 Å². The van der Waals surface area contributed by atoms with Crippen LogP contribution < -0.4 is 29.6 Å². The predicted molar refractivity (Wildman–Crippen MR) is 111 cm³/mol. The van der Waals surface area contributed by atoms with E-state index in [-0.39, 0.29) is 54.0 Å². The molecule has 0 bridgehead atoms. The van der Waals surface area contributed by atoms with Gasteiger partial charge < -0.3 is 11.6 Å². The molecule has 31 heavy (non-hydrogen) atoms. The van der Waals surface area contributed by atoms with Gasteiger partial charge in [0.25, 0.3) is 0 Å². The Morgan fingerprint density at radius 3 is 2.55 bits per heavy atom. The summed E-state index contributed by atoms with van der Waals surface area (Å²) in [5.41, 5.74) is 0.683. The van der Waals surface area contributed by atoms with Crippen molar-refractivity contribution in [3.63, 3.8) is 0 Å². The minimum Gasteiger partial charge on any atom is -1.00 e. The van der Waals surface area contributed by atoms with Gasteiger partial charge in [0.15, 0.2) is 0 Å². The number of halogens is 1. The average Bonchev–Trinajstić information content (AvgIpc) is 3.12. The summed E-state index contributed by atoms with van der Waals surface area (Å²) in [5, 5.41) is 18.7. The monoisotopic (exact) mass is 457 g/mol. The Bertz CT molecular complexity index is 1030. The Balaban J connectivity index is 0.00000256. The van der Waals surface area contributed by atoms with E-state index in [1.807, 2.05) is 6.08 Å². The quantitative estimate of drug-likeness (QED) is 0.459. The normalized spacial score (nSPS) is 19.4. The smallest absolute Gasteiger partial charge is 1.00 e. The summed E-state index contributed by atoms with van der Waals surface area (Å²) in [5.74, 6) is -1.36. The summed E-state index contributed by atoms with van der Waals surface area (Å²) in [6.45, 7) is 0.299. The van der Waals surface area contributed by atoms with Crippen LogP contribution in [0.15, 0.2) is 65.6 Å². The van der Waals surface area contributed by atoms with Gasteiger partial charge in [-0.15, -0.1) is 0 Å². The number of phenols is 1. The van der Waals surface area contributed by atoms with Crippen LogP contribution in [0.3, 0.4) is 0 Å². The van der Waals surface area contributed by atoms with Crippen LogP contribution in [0.2, 0.25) is 0 Å². The van der Waals surface area contributed by atoms with Crippen molar-refractivity contribution < 1.29 is 58.8 Å². The van der Waals surface area contributed by atoms with Gasteiger partial charge in [-0.25, -0.2) is 12.8 Å². The zero-order valence-corrected chi connectivity index (χ0v) is 20.1. The van der Waals surface area contributed by atoms with Gasteiger partial charge in [-0.2, -0.15) is 4.31 Å². The van der Waals surface area contributed by atoms with Gasteiger partial charge in [0.05, 0.1) is 10.9 Å². The third-order valence-electron chi connectivity index (χ3n) is 5.24. The minimum atomic E-state index is -3.86. The number of phenolic OH excluding ortho intramolecular Hbond substituents is 1. The summed E-state index contributed by atoms with van der Waals surface area (Å²) in [6, 6.07) is 10.8. The Labute approximate surface area is 205 Å². The van der Waals surface area contributed by atoms with Crippen LogP contribution in [-0.2, 0) is 14.8 Å². The Hall–Kier alpha value is -1.71. The predicted octanol–water partition coefficient (Wildman–Crippen LogP) is 1.21. The van der Waals surface area contributed by atoms with E-state index in [1.165, 1.54) is 22.5 Å². The minimum absolute atomic E-state index is 0. The van der Waals surface area contributed by atoms with Gasteiger partial charge in [-0.05, 0) is 67.1 Å². The number of hydrogen-bond acceptors (Lipinski definition) is 4. The topological polar surface area (TPSA) is 94.9 Å². The molecule has 2 atom stereocenters. The number of carboxylic acids is 1. The molecule has 0 aliphatic carbocycles. The number of sulfonamides is 1. The molecule has 2 N–H and O–H groups in total. The molecule has 2 aromatic carbocycles. The maximum atomic E-state index is 13.3. The summed E-state index contributed by atoms with van der Waals surface area (Å²) in [4.78, 5) is 10.7. The summed E-state index contributed by atoms with van der Waals surface area (Å²) >= 11 is 0. The van der Waals surface area contributed by atoms with Crippen molar-refractivity contribution in [3.05, 3.63) is 72.1 Å². The first-order valence-electron chi connectivity index (χ1n) is 9.72. The van der Waals surface area contributed by atoms with Crippen LogP contribution in [0.25, 0.3) is 0 Å². The van der Waals surface area contributed by atoms with Crippen LogP contribution in [0.1, 0.15) is 38.7 Å². The van der Waals surface area contributed by atoms with Crippen molar-refractivity contribution in [1.82, 2.24) is 4.31 Å². The van der Waals surface area contributed by atoms with Gasteiger partial charge in [-0.3, -0.25) is 4.79 Å². The van der Waals surface area contributed by atoms with E-state index in [0.29, 0.717) is 31.4 Å². The molecule has 162 valence electrons. The molecule has 1 fully saturated rings. The third kappa shape index (κ3) is 6.40. The van der Waals surface area contributed by atoms with Gasteiger partial charge in [0, 0.05) is 13.0 Å². The maximum absolute atomic E-state index is 13.3. The molecular weight excluding hydrogens is 432 g/mol. The zero-order chi connectivity index (χ0) is 21.7. The van der Waals surface area contributed by atoms with Gasteiger partial charge in [0.2, 0.25) is 10.0 Å². The van der Waals surface area contributed by atoms with Crippen molar-refractivity contribution in [2.45, 2.75) is 36.6 Å². The number of carboxylic acid groups (broad SMARTS) is 1. The van der Waals surface area contributed by atoms with Crippen molar-refractivity contribution in [2.75, 3.05) is 6.54 Å². The second kappa shape index (κ2) is 11.2. The largest absolute Gasteiger partial charge is 1.00 e. The number of allylic oxidation sites excluding steroid dienone is 2. The fraction of sp³-hybridized carbons (Fsp3) is 0.318. The number of aromatic hydroxyl groups is 1. The van der Waals surface area contributed by atoms with E-state index in [0.717, 1.165) is 12.1 Å². The SMILES string of the molecule is O=C(O)CC/C=C\C[C@H]1CCN(S(=O)(=O)c2ccc(F)cc2)[C@@H]1c1cccc(O)c1.[H-].[Na+]. The fourth-order valence-electron chi connectivity index (χ4n) is 3.83. The molecule has 0 aromatic heterocycles. The first-order valence-corrected chi connectivity index (χ1v) is 11.2. The molecule has 0 spiro atoms. The molecular formula is C22H25FNNaO5S. The molecule has 1 aliphatic heterocycles. The standard InChI is InChI=1S/C22H24FNO5S.Na.H/c23-18-9-11-20(12-10-18)30(28,29)24-14-13-16(5-2-1-3-8-21(26)27)22(24)17-6-4-7-19(25)15-17;;/h1-2,4,6-7,9-12,15-16,22,25H,3,5,8,13-14H2,(H,26,27);;/q;+1;-1/b2-1-;;/t16-,22-;;/m0../s1. The summed E-state index contributed by atoms with van der Waals surface area (Å²) < 4.78 is 41.2. The van der Waals surface area contributed by atoms with E-state index < -0.39 is 27.9 Å². The average molecular weight is 457 g/mol. The molecule has 3 rings (SSSR count). The second-order valence-electron chi connectivity index (χ2n) is 7.30. The van der Waals surface area contributed by atoms with E-state index in [4.69, 9.17) is 5.11 Å². The van der Waals surface area contributed by atoms with Crippen molar-refractivity contribution in [1.29, 1.82) is 0 Å². The molecule has 0 saturated carbocycles. The first-order chi connectivity index (χ1) is 14.3. The number of hydrogen-bond donors (Lipinski definition) is 2. The zero-order valence-electron chi connectivity index (χ0n) is 18.3. The van der Waals surface area contributed by atoms with Gasteiger partial charge >= 0.3 is 35.5 Å². The van der Waals surface area contributed by atoms with Gasteiger partial charge in [-0.1, -0.05) is 24.3 Å². The van der Waals surface area contributed by atoms with Crippen LogP contribution in [0.4, 0.5) is 4.39 Å². The maximum Gasteiger partial charge on any atom is 1.00 e. The van der Waals surface area contributed by atoms with Crippen molar-refractivity contribution in [2.24, 2.45) is 5.92 Å². The molecule has 1 heterocycles. The number of nitrogens with zero attached hydrogens (tertiary/aromatic N) is 1. The second-order valence-corrected chi connectivity index (χ2v) is 9.19. The number of rotatable bonds is 8. The van der Waals surface area contributed by atoms with E-state index >= 15 is 0 Å². The molecule has 0 unspecified atom stereocenters. The van der Waals surface area contributed by atoms with Crippen LogP contribution >= 0.6 is 0 Å². The Kier molecular flexibility index (Phi) is 9.27. The van der Waals surface area contributed by atoms with Crippen LogP contribution in [0, 0.1) is 11.7 Å². The fourth-order valence-corrected chi connectivity index (χ4v) is 5.52. The van der Waals surface area contributed by atoms with E-state index in [9.17, 15) is 22.7 Å². The molecule has 1 aliphatic rings.